The summed E-state index contributed by atoms with van der Waals surface area (Å²) in [5, 5.41) is 0. The number of anilines is 5. The lowest BCUT2D eigenvalue weighted by Gasteiger charge is -2.50. The summed E-state index contributed by atoms with van der Waals surface area (Å²) in [4.78, 5) is 5.11. The molecule has 0 radical (unpaired) electrons. The summed E-state index contributed by atoms with van der Waals surface area (Å²) >= 11 is 0. The van der Waals surface area contributed by atoms with Crippen molar-refractivity contribution in [3.05, 3.63) is 163 Å². The van der Waals surface area contributed by atoms with Crippen molar-refractivity contribution in [2.75, 3.05) is 9.80 Å². The summed E-state index contributed by atoms with van der Waals surface area (Å²) in [6, 6.07) is 55.6. The molecule has 1 aliphatic heterocycles. The number of para-hydroxylation sites is 1. The van der Waals surface area contributed by atoms with Gasteiger partial charge >= 0.3 is 0 Å². The Labute approximate surface area is 280 Å². The van der Waals surface area contributed by atoms with Gasteiger partial charge in [-0.3, -0.25) is 0 Å². The van der Waals surface area contributed by atoms with Gasteiger partial charge in [0, 0.05) is 33.9 Å². The van der Waals surface area contributed by atoms with Gasteiger partial charge in [-0.25, -0.2) is 0 Å². The highest BCUT2D eigenvalue weighted by Gasteiger charge is 2.57. The molecule has 0 saturated heterocycles. The van der Waals surface area contributed by atoms with E-state index in [-0.39, 0.29) is 11.0 Å². The molecule has 6 aromatic rings. The lowest BCUT2D eigenvalue weighted by molar-refractivity contribution is 0.195. The van der Waals surface area contributed by atoms with Gasteiger partial charge in [-0.15, -0.1) is 0 Å². The van der Waals surface area contributed by atoms with Crippen molar-refractivity contribution in [2.45, 2.75) is 57.4 Å². The zero-order chi connectivity index (χ0) is 32.0. The molecule has 0 bridgehead atoms. The van der Waals surface area contributed by atoms with Crippen LogP contribution in [-0.2, 0) is 5.41 Å². The number of hydrogen-bond donors (Lipinski definition) is 0. The Morgan fingerprint density at radius 1 is 0.511 bits per heavy atom. The van der Waals surface area contributed by atoms with Gasteiger partial charge < -0.3 is 9.80 Å². The fraction of sp³-hybridized carbons (Fsp3) is 0.200. The first-order valence-corrected chi connectivity index (χ1v) is 17.1. The Morgan fingerprint density at radius 3 is 1.62 bits per heavy atom. The Hall–Kier alpha value is -5.08. The summed E-state index contributed by atoms with van der Waals surface area (Å²) in [6.45, 7) is 7.26. The molecule has 0 amide bonds. The Morgan fingerprint density at radius 2 is 1.02 bits per heavy atom. The number of hydrogen-bond acceptors (Lipinski definition) is 2. The molecular weight excluding hydrogens is 569 g/mol. The number of rotatable bonds is 6. The number of fused-ring (bicyclic) bond motifs is 3. The molecule has 2 atom stereocenters. The van der Waals surface area contributed by atoms with Crippen LogP contribution >= 0.6 is 0 Å². The van der Waals surface area contributed by atoms with Gasteiger partial charge in [-0.05, 0) is 109 Å². The van der Waals surface area contributed by atoms with Gasteiger partial charge in [0.15, 0.2) is 0 Å². The highest BCUT2D eigenvalue weighted by molar-refractivity contribution is 5.84. The first kappa shape index (κ1) is 29.3. The normalized spacial score (nSPS) is 20.0. The number of nitrogens with zero attached hydrogens (tertiary/aromatic N) is 2. The molecule has 2 unspecified atom stereocenters. The number of benzene rings is 6. The lowest BCUT2D eigenvalue weighted by Crippen LogP contribution is -2.54. The van der Waals surface area contributed by atoms with Crippen LogP contribution < -0.4 is 9.80 Å². The number of aryl methyl sites for hydroxylation is 1. The second-order valence-electron chi connectivity index (χ2n) is 13.9. The molecule has 2 nitrogen and oxygen atoms in total. The maximum absolute atomic E-state index is 2.69. The van der Waals surface area contributed by atoms with Crippen molar-refractivity contribution in [1.29, 1.82) is 0 Å². The third-order valence-corrected chi connectivity index (χ3v) is 11.0. The molecule has 8 rings (SSSR count). The van der Waals surface area contributed by atoms with E-state index in [0.717, 1.165) is 11.4 Å². The summed E-state index contributed by atoms with van der Waals surface area (Å²) in [5.74, 6) is 0. The van der Waals surface area contributed by atoms with Gasteiger partial charge in [0.05, 0.1) is 5.54 Å². The molecule has 0 spiro atoms. The third-order valence-electron chi connectivity index (χ3n) is 11.0. The summed E-state index contributed by atoms with van der Waals surface area (Å²) in [6.07, 6.45) is 4.97. The molecule has 232 valence electrons. The minimum atomic E-state index is 0.0134. The lowest BCUT2D eigenvalue weighted by atomic mass is 9.61. The Bertz CT molecular complexity index is 1930. The van der Waals surface area contributed by atoms with Crippen molar-refractivity contribution < 1.29 is 0 Å². The highest BCUT2D eigenvalue weighted by Crippen LogP contribution is 2.61. The quantitative estimate of drug-likeness (QED) is 0.185. The van der Waals surface area contributed by atoms with Crippen LogP contribution in [0.15, 0.2) is 152 Å². The van der Waals surface area contributed by atoms with Crippen molar-refractivity contribution in [2.24, 2.45) is 0 Å². The van der Waals surface area contributed by atoms with Crippen LogP contribution in [0.5, 0.6) is 0 Å². The van der Waals surface area contributed by atoms with Crippen LogP contribution in [-0.4, -0.2) is 5.54 Å². The standard InChI is InChI=1S/C45H42N2/c1-33-30-40(32-41(31-33)47-43-19-11-10-18-42(43)44(2)28-12-13-29-45(44,47)3)46(38-24-20-36(21-25-38)34-14-6-4-7-15-34)39-26-22-37(23-27-39)35-16-8-5-9-17-35/h4-11,14-27,30-32H,12-13,28-29H2,1-3H3. The second-order valence-corrected chi connectivity index (χ2v) is 13.9. The Balaban J connectivity index is 1.26. The molecular formula is C45H42N2. The van der Waals surface area contributed by atoms with E-state index >= 15 is 0 Å². The average Bonchev–Trinajstić information content (AvgIpc) is 3.33. The predicted molar refractivity (Wildman–Crippen MR) is 200 cm³/mol. The smallest absolute Gasteiger partial charge is 0.0517 e. The van der Waals surface area contributed by atoms with Gasteiger partial charge in [0.2, 0.25) is 0 Å². The van der Waals surface area contributed by atoms with E-state index in [0.29, 0.717) is 0 Å². The van der Waals surface area contributed by atoms with Crippen LogP contribution in [0.3, 0.4) is 0 Å². The van der Waals surface area contributed by atoms with Crippen molar-refractivity contribution in [3.8, 4) is 22.3 Å². The summed E-state index contributed by atoms with van der Waals surface area (Å²) < 4.78 is 0. The highest BCUT2D eigenvalue weighted by atomic mass is 15.3. The zero-order valence-corrected chi connectivity index (χ0v) is 27.7. The molecule has 6 aromatic carbocycles. The predicted octanol–water partition coefficient (Wildman–Crippen LogP) is 12.5. The monoisotopic (exact) mass is 610 g/mol. The van der Waals surface area contributed by atoms with Crippen molar-refractivity contribution in [3.63, 3.8) is 0 Å². The maximum atomic E-state index is 2.69. The van der Waals surface area contributed by atoms with Gasteiger partial charge in [-0.2, -0.15) is 0 Å². The van der Waals surface area contributed by atoms with Crippen molar-refractivity contribution >= 4 is 28.4 Å². The molecule has 1 aliphatic carbocycles. The SMILES string of the molecule is Cc1cc(N(c2ccc(-c3ccccc3)cc2)c2ccc(-c3ccccc3)cc2)cc(N2c3ccccc3C3(C)CCCCC23C)c1. The van der Waals surface area contributed by atoms with Crippen LogP contribution in [0.2, 0.25) is 0 Å². The van der Waals surface area contributed by atoms with E-state index in [4.69, 9.17) is 0 Å². The molecule has 47 heavy (non-hydrogen) atoms. The van der Waals surface area contributed by atoms with E-state index in [9.17, 15) is 0 Å². The van der Waals surface area contributed by atoms with E-state index in [1.807, 2.05) is 0 Å². The maximum Gasteiger partial charge on any atom is 0.0517 e. The van der Waals surface area contributed by atoms with Crippen molar-refractivity contribution in [1.82, 2.24) is 0 Å². The van der Waals surface area contributed by atoms with E-state index < -0.39 is 0 Å². The van der Waals surface area contributed by atoms with E-state index in [1.165, 1.54) is 76.1 Å². The summed E-state index contributed by atoms with van der Waals surface area (Å²) in [7, 11) is 0. The molecule has 0 aromatic heterocycles. The molecule has 2 heteroatoms. The first-order chi connectivity index (χ1) is 22.9. The largest absolute Gasteiger partial charge is 0.334 e. The third kappa shape index (κ3) is 4.95. The topological polar surface area (TPSA) is 6.48 Å². The summed E-state index contributed by atoms with van der Waals surface area (Å²) in [5.41, 5.74) is 13.9. The van der Waals surface area contributed by atoms with Gasteiger partial charge in [-0.1, -0.05) is 123 Å². The van der Waals surface area contributed by atoms with Crippen LogP contribution in [0.4, 0.5) is 28.4 Å². The minimum absolute atomic E-state index is 0.0134. The van der Waals surface area contributed by atoms with Crippen LogP contribution in [0.25, 0.3) is 22.3 Å². The second kappa shape index (κ2) is 11.6. The van der Waals surface area contributed by atoms with Crippen LogP contribution in [0, 0.1) is 6.92 Å². The molecule has 1 fully saturated rings. The molecule has 2 aliphatic rings. The van der Waals surface area contributed by atoms with E-state index in [2.05, 4.69) is 182 Å². The van der Waals surface area contributed by atoms with Gasteiger partial charge in [0.25, 0.3) is 0 Å². The minimum Gasteiger partial charge on any atom is -0.334 e. The van der Waals surface area contributed by atoms with Crippen LogP contribution in [0.1, 0.15) is 50.7 Å². The fourth-order valence-electron chi connectivity index (χ4n) is 8.42. The van der Waals surface area contributed by atoms with Gasteiger partial charge in [0.1, 0.15) is 0 Å². The van der Waals surface area contributed by atoms with E-state index in [1.54, 1.807) is 0 Å². The molecule has 1 saturated carbocycles. The Kier molecular flexibility index (Phi) is 7.25. The zero-order valence-electron chi connectivity index (χ0n) is 27.7. The fourth-order valence-corrected chi connectivity index (χ4v) is 8.42. The molecule has 1 heterocycles. The average molecular weight is 611 g/mol. The first-order valence-electron chi connectivity index (χ1n) is 17.1. The molecule has 0 N–H and O–H groups in total.